The normalized spacial score (nSPS) is 19.1. The molecule has 3 N–H and O–H groups in total. The molecule has 1 aromatic carbocycles. The summed E-state index contributed by atoms with van der Waals surface area (Å²) in [6.45, 7) is 0.383. The first-order valence-electron chi connectivity index (χ1n) is 12.6. The Hall–Kier alpha value is -3.89. The zero-order valence-electron chi connectivity index (χ0n) is 21.7. The lowest BCUT2D eigenvalue weighted by Gasteiger charge is -2.29. The highest BCUT2D eigenvalue weighted by Gasteiger charge is 2.49. The van der Waals surface area contributed by atoms with Gasteiger partial charge in [-0.1, -0.05) is 11.2 Å². The van der Waals surface area contributed by atoms with Gasteiger partial charge in [-0.3, -0.25) is 4.79 Å². The number of H-pyrrole nitrogens is 1. The van der Waals surface area contributed by atoms with Crippen LogP contribution >= 0.6 is 0 Å². The van der Waals surface area contributed by atoms with Crippen molar-refractivity contribution in [1.29, 1.82) is 0 Å². The highest BCUT2D eigenvalue weighted by Crippen LogP contribution is 2.40. The SMILES string of the molecule is CC(C)(OC[C@H](NC(=O)c1nonc1C1CC1)c1nc2ccc(CN3C[C@H](C(F)(F)F)NC3=O)cc2[nH]1)C(F)(F)F. The average molecular weight is 589 g/mol. The zero-order chi connectivity index (χ0) is 29.7. The van der Waals surface area contributed by atoms with E-state index < -0.39 is 55.1 Å². The molecule has 222 valence electrons. The van der Waals surface area contributed by atoms with Crippen LogP contribution < -0.4 is 10.6 Å². The third-order valence-electron chi connectivity index (χ3n) is 6.94. The van der Waals surface area contributed by atoms with Crippen molar-refractivity contribution in [3.05, 3.63) is 41.0 Å². The number of aromatic amines is 1. The Bertz CT molecular complexity index is 1450. The van der Waals surface area contributed by atoms with Crippen molar-refractivity contribution in [2.45, 2.75) is 69.2 Å². The van der Waals surface area contributed by atoms with Crippen molar-refractivity contribution in [3.8, 4) is 0 Å². The Morgan fingerprint density at radius 1 is 1.20 bits per heavy atom. The van der Waals surface area contributed by atoms with Crippen LogP contribution in [0.3, 0.4) is 0 Å². The number of imidazole rings is 1. The van der Waals surface area contributed by atoms with Gasteiger partial charge in [0, 0.05) is 12.5 Å². The van der Waals surface area contributed by atoms with Gasteiger partial charge in [0.25, 0.3) is 5.91 Å². The lowest BCUT2D eigenvalue weighted by Crippen LogP contribution is -2.44. The van der Waals surface area contributed by atoms with Crippen LogP contribution in [-0.4, -0.2) is 74.3 Å². The molecule has 3 amide bonds. The molecule has 2 atom stereocenters. The Morgan fingerprint density at radius 3 is 2.56 bits per heavy atom. The number of carbonyl (C=O) groups excluding carboxylic acids is 2. The van der Waals surface area contributed by atoms with Crippen molar-refractivity contribution < 1.29 is 45.3 Å². The number of ether oxygens (including phenoxy) is 1. The fourth-order valence-electron chi connectivity index (χ4n) is 4.24. The van der Waals surface area contributed by atoms with Gasteiger partial charge < -0.3 is 25.3 Å². The predicted molar refractivity (Wildman–Crippen MR) is 127 cm³/mol. The van der Waals surface area contributed by atoms with Gasteiger partial charge in [0.2, 0.25) is 0 Å². The second-order valence-corrected chi connectivity index (χ2v) is 10.5. The van der Waals surface area contributed by atoms with E-state index in [1.54, 1.807) is 12.1 Å². The molecule has 1 aliphatic heterocycles. The van der Waals surface area contributed by atoms with Gasteiger partial charge >= 0.3 is 18.4 Å². The van der Waals surface area contributed by atoms with Crippen LogP contribution in [-0.2, 0) is 11.3 Å². The van der Waals surface area contributed by atoms with E-state index in [2.05, 4.69) is 25.6 Å². The molecule has 0 unspecified atom stereocenters. The summed E-state index contributed by atoms with van der Waals surface area (Å²) in [7, 11) is 0. The number of carbonyl (C=O) groups is 2. The molecule has 0 spiro atoms. The summed E-state index contributed by atoms with van der Waals surface area (Å²) in [5.74, 6) is -0.675. The van der Waals surface area contributed by atoms with Gasteiger partial charge in [0.05, 0.1) is 24.2 Å². The van der Waals surface area contributed by atoms with E-state index in [9.17, 15) is 35.9 Å². The molecule has 3 heterocycles. The van der Waals surface area contributed by atoms with Crippen molar-refractivity contribution in [2.24, 2.45) is 0 Å². The lowest BCUT2D eigenvalue weighted by atomic mass is 10.1. The van der Waals surface area contributed by atoms with Crippen LogP contribution in [0.1, 0.15) is 66.2 Å². The van der Waals surface area contributed by atoms with Gasteiger partial charge in [-0.05, 0) is 49.5 Å². The minimum absolute atomic E-state index is 0.00887. The van der Waals surface area contributed by atoms with Crippen LogP contribution in [0.5, 0.6) is 0 Å². The first kappa shape index (κ1) is 28.6. The van der Waals surface area contributed by atoms with Crippen molar-refractivity contribution in [2.75, 3.05) is 13.2 Å². The third-order valence-corrected chi connectivity index (χ3v) is 6.94. The molecule has 5 rings (SSSR count). The summed E-state index contributed by atoms with van der Waals surface area (Å²) in [6, 6.07) is 0.598. The number of nitrogens with one attached hydrogen (secondary N) is 3. The van der Waals surface area contributed by atoms with Gasteiger partial charge in [-0.2, -0.15) is 26.3 Å². The number of nitrogens with zero attached hydrogens (tertiary/aromatic N) is 4. The molecule has 0 bridgehead atoms. The van der Waals surface area contributed by atoms with Crippen LogP contribution in [0, 0.1) is 0 Å². The highest BCUT2D eigenvalue weighted by atomic mass is 19.4. The molecular weight excluding hydrogens is 564 g/mol. The standard InChI is InChI=1S/C24H25F6N7O4/c1-22(2,24(28,29)30)40-10-15(33-20(38)18-17(12-4-5-12)35-41-36-18)19-31-13-6-3-11(7-14(13)32-19)8-37-9-16(23(25,26)27)34-21(37)39/h3,6-7,12,15-16H,4-5,8-10H2,1-2H3,(H,31,32)(H,33,38)(H,34,39)/t15-,16+/m0/s1. The zero-order valence-corrected chi connectivity index (χ0v) is 21.7. The molecule has 1 saturated heterocycles. The molecule has 41 heavy (non-hydrogen) atoms. The third kappa shape index (κ3) is 6.08. The van der Waals surface area contributed by atoms with Crippen LogP contribution in [0.15, 0.2) is 22.8 Å². The summed E-state index contributed by atoms with van der Waals surface area (Å²) >= 11 is 0. The number of rotatable bonds is 9. The van der Waals surface area contributed by atoms with E-state index in [0.29, 0.717) is 22.3 Å². The number of aromatic nitrogens is 4. The number of halogens is 6. The second kappa shape index (κ2) is 10.2. The maximum absolute atomic E-state index is 13.5. The number of hydrogen-bond acceptors (Lipinski definition) is 7. The Labute approximate surface area is 227 Å². The van der Waals surface area contributed by atoms with Crippen LogP contribution in [0.4, 0.5) is 31.1 Å². The molecule has 2 aromatic heterocycles. The van der Waals surface area contributed by atoms with Gasteiger partial charge in [0.1, 0.15) is 23.6 Å². The molecule has 0 radical (unpaired) electrons. The Kier molecular flexibility index (Phi) is 7.11. The monoisotopic (exact) mass is 589 g/mol. The van der Waals surface area contributed by atoms with Crippen molar-refractivity contribution in [3.63, 3.8) is 0 Å². The summed E-state index contributed by atoms with van der Waals surface area (Å²) in [4.78, 5) is 33.4. The van der Waals surface area contributed by atoms with Crippen LogP contribution in [0.25, 0.3) is 11.0 Å². The number of hydrogen-bond donors (Lipinski definition) is 3. The van der Waals surface area contributed by atoms with Gasteiger partial charge in [-0.15, -0.1) is 0 Å². The van der Waals surface area contributed by atoms with E-state index in [0.717, 1.165) is 31.6 Å². The first-order valence-corrected chi connectivity index (χ1v) is 12.6. The quantitative estimate of drug-likeness (QED) is 0.320. The largest absolute Gasteiger partial charge is 0.416 e. The first-order chi connectivity index (χ1) is 19.1. The van der Waals surface area contributed by atoms with Gasteiger partial charge in [-0.25, -0.2) is 14.4 Å². The number of fused-ring (bicyclic) bond motifs is 1. The van der Waals surface area contributed by atoms with Gasteiger partial charge in [0.15, 0.2) is 11.3 Å². The number of alkyl halides is 6. The fraction of sp³-hybridized carbons (Fsp3) is 0.542. The van der Waals surface area contributed by atoms with E-state index >= 15 is 0 Å². The molecule has 11 nitrogen and oxygen atoms in total. The molecule has 17 heteroatoms. The fourth-order valence-corrected chi connectivity index (χ4v) is 4.24. The number of benzene rings is 1. The van der Waals surface area contributed by atoms with E-state index in [-0.39, 0.29) is 24.0 Å². The maximum Gasteiger partial charge on any atom is 0.416 e. The minimum atomic E-state index is -4.70. The molecule has 2 aliphatic rings. The molecule has 3 aromatic rings. The number of urea groups is 1. The van der Waals surface area contributed by atoms with E-state index in [1.165, 1.54) is 6.07 Å². The van der Waals surface area contributed by atoms with E-state index in [4.69, 9.17) is 9.37 Å². The molecule has 1 saturated carbocycles. The van der Waals surface area contributed by atoms with Crippen LogP contribution in [0.2, 0.25) is 0 Å². The number of amides is 3. The summed E-state index contributed by atoms with van der Waals surface area (Å²) in [5.41, 5.74) is -1.07. The summed E-state index contributed by atoms with van der Waals surface area (Å²) in [5, 5.41) is 11.9. The Balaban J connectivity index is 1.37. The lowest BCUT2D eigenvalue weighted by molar-refractivity contribution is -0.265. The van der Waals surface area contributed by atoms with Crippen molar-refractivity contribution >= 4 is 23.0 Å². The smallest absolute Gasteiger partial charge is 0.364 e. The van der Waals surface area contributed by atoms with Crippen molar-refractivity contribution in [1.82, 2.24) is 35.8 Å². The Morgan fingerprint density at radius 2 is 1.93 bits per heavy atom. The average Bonchev–Trinajstić information content (AvgIpc) is 3.27. The molecule has 1 aliphatic carbocycles. The maximum atomic E-state index is 13.5. The molecule has 2 fully saturated rings. The predicted octanol–water partition coefficient (Wildman–Crippen LogP) is 4.11. The topological polar surface area (TPSA) is 138 Å². The van der Waals surface area contributed by atoms with E-state index in [1.807, 2.05) is 5.32 Å². The summed E-state index contributed by atoms with van der Waals surface area (Å²) < 4.78 is 89.3. The minimum Gasteiger partial charge on any atom is -0.364 e. The second-order valence-electron chi connectivity index (χ2n) is 10.5. The highest BCUT2D eigenvalue weighted by molar-refractivity contribution is 5.93. The summed E-state index contributed by atoms with van der Waals surface area (Å²) in [6.07, 6.45) is -7.70. The molecular formula is C24H25F6N7O4.